The number of hydrogen-bond acceptors (Lipinski definition) is 11. The Kier molecular flexibility index (Phi) is 5.70. The third-order valence-corrected chi connectivity index (χ3v) is 9.41. The molecule has 5 rings (SSSR count). The summed E-state index contributed by atoms with van der Waals surface area (Å²) in [6.07, 6.45) is 0. The highest BCUT2D eigenvalue weighted by Gasteiger charge is 2.36. The van der Waals surface area contributed by atoms with Gasteiger partial charge in [-0.3, -0.25) is 0 Å². The maximum absolute atomic E-state index is 13.5. The summed E-state index contributed by atoms with van der Waals surface area (Å²) in [4.78, 5) is 7.58. The number of thiazole rings is 1. The largest absolute Gasteiger partial charge is 0.375 e. The number of benzene rings is 2. The fraction of sp³-hybridized carbons (Fsp3) is 0.263. The standard InChI is InChI=1S/C19H20N8O4S3/c20-19-25-16-12(2-1-3-13(16)32-19)11-4-5-14(34(30,31)27-8-6-22-7-9-27)17(33(21,28)29)15(11)18-23-10-24-26-18/h1-5,22H,6-10H2,(H2,20,25)(H2,21,28,29). The topological polar surface area (TPSA) is 186 Å². The van der Waals surface area contributed by atoms with Gasteiger partial charge in [-0.05, 0) is 17.7 Å². The predicted molar refractivity (Wildman–Crippen MR) is 129 cm³/mol. The summed E-state index contributed by atoms with van der Waals surface area (Å²) in [7, 11) is -8.74. The lowest BCUT2D eigenvalue weighted by molar-refractivity contribution is 0.359. The Morgan fingerprint density at radius 3 is 2.47 bits per heavy atom. The van der Waals surface area contributed by atoms with Gasteiger partial charge in [-0.2, -0.15) is 9.42 Å². The van der Waals surface area contributed by atoms with Gasteiger partial charge in [0.05, 0.1) is 15.8 Å². The molecule has 12 nitrogen and oxygen atoms in total. The summed E-state index contributed by atoms with van der Waals surface area (Å²) < 4.78 is 55.0. The molecule has 1 saturated heterocycles. The minimum absolute atomic E-state index is 0.0124. The third-order valence-electron chi connectivity index (χ3n) is 5.50. The molecule has 1 fully saturated rings. The van der Waals surface area contributed by atoms with Gasteiger partial charge in [0, 0.05) is 31.7 Å². The van der Waals surface area contributed by atoms with Crippen molar-refractivity contribution >= 4 is 52.6 Å². The van der Waals surface area contributed by atoms with Crippen molar-refractivity contribution in [3.63, 3.8) is 0 Å². The average molecular weight is 521 g/mol. The van der Waals surface area contributed by atoms with E-state index in [9.17, 15) is 16.8 Å². The van der Waals surface area contributed by atoms with E-state index >= 15 is 0 Å². The van der Waals surface area contributed by atoms with Crippen molar-refractivity contribution in [2.75, 3.05) is 38.6 Å². The highest BCUT2D eigenvalue weighted by atomic mass is 32.2. The Morgan fingerprint density at radius 1 is 1.03 bits per heavy atom. The first kappa shape index (κ1) is 22.9. The summed E-state index contributed by atoms with van der Waals surface area (Å²) in [5.74, 6) is -0.0170. The number of nitrogens with two attached hydrogens (primary N) is 2. The molecule has 2 aliphatic rings. The smallest absolute Gasteiger partial charge is 0.244 e. The van der Waals surface area contributed by atoms with Crippen LogP contribution in [-0.4, -0.2) is 64.8 Å². The predicted octanol–water partition coefficient (Wildman–Crippen LogP) is 0.957. The van der Waals surface area contributed by atoms with Crippen LogP contribution in [-0.2, 0) is 20.0 Å². The summed E-state index contributed by atoms with van der Waals surface area (Å²) in [5, 5.41) is 16.9. The van der Waals surface area contributed by atoms with Crippen molar-refractivity contribution in [3.05, 3.63) is 35.9 Å². The van der Waals surface area contributed by atoms with E-state index in [1.807, 2.05) is 6.07 Å². The zero-order valence-electron chi connectivity index (χ0n) is 17.7. The number of hydrogen-bond donors (Lipinski definition) is 3. The van der Waals surface area contributed by atoms with Crippen LogP contribution in [0.4, 0.5) is 5.13 Å². The summed E-state index contributed by atoms with van der Waals surface area (Å²) in [5.41, 5.74) is 7.32. The maximum atomic E-state index is 13.5. The van der Waals surface area contributed by atoms with E-state index in [2.05, 4.69) is 25.5 Å². The minimum Gasteiger partial charge on any atom is -0.375 e. The Hall–Kier alpha value is -2.82. The van der Waals surface area contributed by atoms with Crippen LogP contribution in [0.3, 0.4) is 0 Å². The number of anilines is 1. The number of amidine groups is 1. The van der Waals surface area contributed by atoms with Crippen molar-refractivity contribution in [1.82, 2.24) is 14.6 Å². The van der Waals surface area contributed by atoms with Gasteiger partial charge >= 0.3 is 0 Å². The van der Waals surface area contributed by atoms with E-state index in [0.29, 0.717) is 34.9 Å². The van der Waals surface area contributed by atoms with Gasteiger partial charge in [-0.25, -0.2) is 32.0 Å². The van der Waals surface area contributed by atoms with Crippen LogP contribution in [0.5, 0.6) is 0 Å². The van der Waals surface area contributed by atoms with Crippen molar-refractivity contribution in [2.45, 2.75) is 9.79 Å². The van der Waals surface area contributed by atoms with Gasteiger partial charge in [0.25, 0.3) is 0 Å². The average Bonchev–Trinajstić information content (AvgIpc) is 3.47. The molecule has 5 N–H and O–H groups in total. The molecule has 0 amide bonds. The number of sulfonamides is 2. The molecule has 3 aromatic rings. The zero-order valence-corrected chi connectivity index (χ0v) is 20.1. The van der Waals surface area contributed by atoms with E-state index in [1.165, 1.54) is 27.8 Å². The number of azo groups is 1. The molecule has 1 aromatic heterocycles. The number of nitrogen functional groups attached to an aromatic ring is 1. The highest BCUT2D eigenvalue weighted by molar-refractivity contribution is 7.92. The van der Waals surface area contributed by atoms with Gasteiger partial charge in [-0.1, -0.05) is 29.5 Å². The number of fused-ring (bicyclic) bond motifs is 1. The third kappa shape index (κ3) is 3.89. The number of nitrogens with zero attached hydrogens (tertiary/aromatic N) is 5. The fourth-order valence-corrected chi connectivity index (χ4v) is 7.84. The van der Waals surface area contributed by atoms with Crippen LogP contribution < -0.4 is 16.2 Å². The van der Waals surface area contributed by atoms with Gasteiger partial charge in [-0.15, -0.1) is 5.11 Å². The number of piperazine rings is 1. The first-order valence-electron chi connectivity index (χ1n) is 10.2. The van der Waals surface area contributed by atoms with E-state index in [1.54, 1.807) is 12.1 Å². The Labute approximate surface area is 199 Å². The molecule has 0 atom stereocenters. The molecule has 0 unspecified atom stereocenters. The van der Waals surface area contributed by atoms with Crippen molar-refractivity contribution < 1.29 is 16.8 Å². The quantitative estimate of drug-likeness (QED) is 0.447. The summed E-state index contributed by atoms with van der Waals surface area (Å²) >= 11 is 1.28. The van der Waals surface area contributed by atoms with Gasteiger partial charge in [0.15, 0.2) is 17.6 Å². The zero-order chi connectivity index (χ0) is 24.1. The van der Waals surface area contributed by atoms with E-state index in [-0.39, 0.29) is 31.2 Å². The van der Waals surface area contributed by atoms with Crippen molar-refractivity contribution in [1.29, 1.82) is 0 Å². The molecule has 2 aromatic carbocycles. The number of aliphatic imine (C=N–C) groups is 1. The second-order valence-corrected chi connectivity index (χ2v) is 12.1. The molecule has 178 valence electrons. The van der Waals surface area contributed by atoms with E-state index in [4.69, 9.17) is 10.9 Å². The van der Waals surface area contributed by atoms with Gasteiger partial charge in [0.2, 0.25) is 20.0 Å². The molecule has 0 spiro atoms. The highest BCUT2D eigenvalue weighted by Crippen LogP contribution is 2.39. The minimum atomic E-state index is -4.55. The molecule has 0 aliphatic carbocycles. The Morgan fingerprint density at radius 2 is 1.79 bits per heavy atom. The van der Waals surface area contributed by atoms with E-state index < -0.39 is 29.8 Å². The van der Waals surface area contributed by atoms with Crippen molar-refractivity contribution in [3.8, 4) is 11.1 Å². The second-order valence-electron chi connectivity index (χ2n) is 7.58. The first-order valence-corrected chi connectivity index (χ1v) is 14.0. The first-order chi connectivity index (χ1) is 16.2. The SMILES string of the molecule is Nc1nc2c(-c3ccc(S(=O)(=O)N4CCNCC4)c(S(N)(=O)=O)c3C3=NCN=N3)cccc2s1. The number of nitrogens with one attached hydrogen (secondary N) is 1. The number of para-hydroxylation sites is 1. The second kappa shape index (κ2) is 8.44. The molecule has 0 saturated carbocycles. The van der Waals surface area contributed by atoms with Crippen LogP contribution >= 0.6 is 11.3 Å². The lowest BCUT2D eigenvalue weighted by Gasteiger charge is -2.28. The molecule has 0 bridgehead atoms. The molecule has 34 heavy (non-hydrogen) atoms. The number of rotatable bonds is 5. The van der Waals surface area contributed by atoms with Crippen LogP contribution in [0.15, 0.2) is 55.3 Å². The normalized spacial score (nSPS) is 17.4. The lowest BCUT2D eigenvalue weighted by Crippen LogP contribution is -2.46. The van der Waals surface area contributed by atoms with Crippen LogP contribution in [0.25, 0.3) is 21.3 Å². The lowest BCUT2D eigenvalue weighted by atomic mass is 9.98. The number of primary sulfonamides is 1. The van der Waals surface area contributed by atoms with Crippen LogP contribution in [0.1, 0.15) is 5.56 Å². The van der Waals surface area contributed by atoms with Crippen molar-refractivity contribution in [2.24, 2.45) is 20.4 Å². The fourth-order valence-electron chi connectivity index (χ4n) is 4.06. The molecular formula is C19H20N8O4S3. The molecule has 15 heteroatoms. The van der Waals surface area contributed by atoms with Gasteiger partial charge in [0.1, 0.15) is 9.79 Å². The number of aromatic nitrogens is 1. The molecule has 2 aliphatic heterocycles. The van der Waals surface area contributed by atoms with Crippen LogP contribution in [0.2, 0.25) is 0 Å². The van der Waals surface area contributed by atoms with Gasteiger partial charge < -0.3 is 11.1 Å². The summed E-state index contributed by atoms with van der Waals surface area (Å²) in [6.45, 7) is 1.27. The molecule has 3 heterocycles. The van der Waals surface area contributed by atoms with E-state index in [0.717, 1.165) is 4.70 Å². The Balaban J connectivity index is 1.86. The van der Waals surface area contributed by atoms with Crippen LogP contribution in [0, 0.1) is 0 Å². The molecule has 0 radical (unpaired) electrons. The Bertz CT molecular complexity index is 1570. The molecular weight excluding hydrogens is 500 g/mol. The maximum Gasteiger partial charge on any atom is 0.244 e. The summed E-state index contributed by atoms with van der Waals surface area (Å²) in [6, 6.07) is 8.14. The monoisotopic (exact) mass is 520 g/mol.